The van der Waals surface area contributed by atoms with Gasteiger partial charge in [-0.3, -0.25) is 5.32 Å². The van der Waals surface area contributed by atoms with Gasteiger partial charge >= 0.3 is 6.03 Å². The number of aromatic nitrogens is 1. The molecule has 1 atom stereocenters. The SMILES string of the molecule is Cc1ccccc1-c1cnc(NC(=O)N2CCCC(O)C2)s1. The van der Waals surface area contributed by atoms with Gasteiger partial charge in [-0.15, -0.1) is 0 Å². The second-order valence-corrected chi connectivity index (χ2v) is 6.55. The van der Waals surface area contributed by atoms with Crippen LogP contribution >= 0.6 is 11.3 Å². The quantitative estimate of drug-likeness (QED) is 0.894. The average Bonchev–Trinajstić information content (AvgIpc) is 2.96. The van der Waals surface area contributed by atoms with Crippen LogP contribution in [0.4, 0.5) is 9.93 Å². The molecule has 1 aliphatic rings. The van der Waals surface area contributed by atoms with Crippen molar-refractivity contribution >= 4 is 22.5 Å². The van der Waals surface area contributed by atoms with Crippen LogP contribution in [-0.4, -0.2) is 40.2 Å². The van der Waals surface area contributed by atoms with E-state index < -0.39 is 6.10 Å². The Morgan fingerprint density at radius 2 is 2.27 bits per heavy atom. The summed E-state index contributed by atoms with van der Waals surface area (Å²) >= 11 is 1.46. The van der Waals surface area contributed by atoms with Crippen molar-refractivity contribution in [2.45, 2.75) is 25.9 Å². The second-order valence-electron chi connectivity index (χ2n) is 5.52. The Hall–Kier alpha value is -1.92. The molecular formula is C16H19N3O2S. The number of aryl methyl sites for hydroxylation is 1. The number of carbonyl (C=O) groups excluding carboxylic acids is 1. The average molecular weight is 317 g/mol. The fourth-order valence-corrected chi connectivity index (χ4v) is 3.51. The molecule has 3 rings (SSSR count). The minimum atomic E-state index is -0.418. The number of thiazole rings is 1. The Kier molecular flexibility index (Phi) is 4.40. The van der Waals surface area contributed by atoms with Gasteiger partial charge in [0.05, 0.1) is 11.0 Å². The third-order valence-electron chi connectivity index (χ3n) is 3.81. The van der Waals surface area contributed by atoms with Gasteiger partial charge in [0.1, 0.15) is 0 Å². The summed E-state index contributed by atoms with van der Waals surface area (Å²) in [6.45, 7) is 3.13. The number of urea groups is 1. The summed E-state index contributed by atoms with van der Waals surface area (Å²) in [4.78, 5) is 19.2. The summed E-state index contributed by atoms with van der Waals surface area (Å²) in [5.74, 6) is 0. The van der Waals surface area contributed by atoms with Crippen molar-refractivity contribution in [3.8, 4) is 10.4 Å². The molecule has 5 nitrogen and oxygen atoms in total. The van der Waals surface area contributed by atoms with Crippen molar-refractivity contribution in [3.63, 3.8) is 0 Å². The number of rotatable bonds is 2. The fraction of sp³-hybridized carbons (Fsp3) is 0.375. The number of carbonyl (C=O) groups is 1. The minimum Gasteiger partial charge on any atom is -0.391 e. The maximum Gasteiger partial charge on any atom is 0.323 e. The Bertz CT molecular complexity index is 671. The van der Waals surface area contributed by atoms with E-state index in [1.54, 1.807) is 11.1 Å². The maximum atomic E-state index is 12.2. The number of hydrogen-bond donors (Lipinski definition) is 2. The van der Waals surface area contributed by atoms with Crippen molar-refractivity contribution in [3.05, 3.63) is 36.0 Å². The van der Waals surface area contributed by atoms with Crippen LogP contribution in [0.3, 0.4) is 0 Å². The van der Waals surface area contributed by atoms with E-state index in [-0.39, 0.29) is 6.03 Å². The largest absolute Gasteiger partial charge is 0.391 e. The number of β-amino-alcohol motifs (C(OH)–C–C–N with tert-alkyl or cyclic N) is 1. The van der Waals surface area contributed by atoms with E-state index in [1.807, 2.05) is 12.1 Å². The lowest BCUT2D eigenvalue weighted by atomic mass is 10.1. The van der Waals surface area contributed by atoms with Crippen LogP contribution in [0, 0.1) is 6.92 Å². The van der Waals surface area contributed by atoms with Gasteiger partial charge < -0.3 is 10.0 Å². The summed E-state index contributed by atoms with van der Waals surface area (Å²) in [6.07, 6.45) is 2.96. The lowest BCUT2D eigenvalue weighted by molar-refractivity contribution is 0.0883. The first-order chi connectivity index (χ1) is 10.6. The zero-order valence-electron chi connectivity index (χ0n) is 12.5. The van der Waals surface area contributed by atoms with Gasteiger partial charge in [-0.1, -0.05) is 35.6 Å². The molecule has 0 spiro atoms. The first-order valence-corrected chi connectivity index (χ1v) is 8.21. The number of hydrogen-bond acceptors (Lipinski definition) is 4. The molecule has 6 heteroatoms. The topological polar surface area (TPSA) is 65.5 Å². The highest BCUT2D eigenvalue weighted by Gasteiger charge is 2.22. The molecule has 1 saturated heterocycles. The molecule has 0 aliphatic carbocycles. The zero-order valence-corrected chi connectivity index (χ0v) is 13.3. The molecule has 1 fully saturated rings. The first-order valence-electron chi connectivity index (χ1n) is 7.39. The number of nitrogens with one attached hydrogen (secondary N) is 1. The number of piperidine rings is 1. The van der Waals surface area contributed by atoms with Crippen LogP contribution in [-0.2, 0) is 0 Å². The number of nitrogens with zero attached hydrogens (tertiary/aromatic N) is 2. The van der Waals surface area contributed by atoms with Crippen molar-refractivity contribution in [1.29, 1.82) is 0 Å². The van der Waals surface area contributed by atoms with E-state index in [0.717, 1.165) is 23.3 Å². The highest BCUT2D eigenvalue weighted by Crippen LogP contribution is 2.31. The van der Waals surface area contributed by atoms with Crippen LogP contribution in [0.25, 0.3) is 10.4 Å². The molecule has 1 aromatic carbocycles. The van der Waals surface area contributed by atoms with E-state index in [2.05, 4.69) is 29.4 Å². The lowest BCUT2D eigenvalue weighted by Gasteiger charge is -2.29. The first kappa shape index (κ1) is 15.0. The van der Waals surface area contributed by atoms with E-state index in [0.29, 0.717) is 18.2 Å². The molecule has 1 unspecified atom stereocenters. The van der Waals surface area contributed by atoms with Gasteiger partial charge in [-0.2, -0.15) is 0 Å². The van der Waals surface area contributed by atoms with Crippen LogP contribution in [0.5, 0.6) is 0 Å². The van der Waals surface area contributed by atoms with Crippen LogP contribution in [0.2, 0.25) is 0 Å². The van der Waals surface area contributed by atoms with Gasteiger partial charge in [0.15, 0.2) is 5.13 Å². The zero-order chi connectivity index (χ0) is 15.5. The second kappa shape index (κ2) is 6.46. The van der Waals surface area contributed by atoms with Crippen LogP contribution in [0.15, 0.2) is 30.5 Å². The molecule has 1 aromatic heterocycles. The Morgan fingerprint density at radius 3 is 3.05 bits per heavy atom. The number of benzene rings is 1. The predicted octanol–water partition coefficient (Wildman–Crippen LogP) is 3.11. The molecule has 2 amide bonds. The Labute approximate surface area is 133 Å². The monoisotopic (exact) mass is 317 g/mol. The molecule has 2 heterocycles. The molecule has 0 saturated carbocycles. The molecule has 22 heavy (non-hydrogen) atoms. The summed E-state index contributed by atoms with van der Waals surface area (Å²) in [6, 6.07) is 7.92. The molecule has 1 aliphatic heterocycles. The van der Waals surface area contributed by atoms with E-state index >= 15 is 0 Å². The lowest BCUT2D eigenvalue weighted by Crippen LogP contribution is -2.44. The molecule has 0 radical (unpaired) electrons. The van der Waals surface area contributed by atoms with Gasteiger partial charge in [-0.25, -0.2) is 9.78 Å². The van der Waals surface area contributed by atoms with E-state index in [1.165, 1.54) is 16.9 Å². The summed E-state index contributed by atoms with van der Waals surface area (Å²) < 4.78 is 0. The summed E-state index contributed by atoms with van der Waals surface area (Å²) in [5.41, 5.74) is 2.32. The number of aliphatic hydroxyl groups excluding tert-OH is 1. The van der Waals surface area contributed by atoms with Crippen molar-refractivity contribution < 1.29 is 9.90 Å². The highest BCUT2D eigenvalue weighted by atomic mass is 32.1. The van der Waals surface area contributed by atoms with Crippen LogP contribution in [0.1, 0.15) is 18.4 Å². The van der Waals surface area contributed by atoms with Crippen LogP contribution < -0.4 is 5.32 Å². The van der Waals surface area contributed by atoms with Crippen molar-refractivity contribution in [1.82, 2.24) is 9.88 Å². The Balaban J connectivity index is 1.69. The molecule has 0 bridgehead atoms. The number of anilines is 1. The Morgan fingerprint density at radius 1 is 1.45 bits per heavy atom. The number of aliphatic hydroxyl groups is 1. The van der Waals surface area contributed by atoms with Gasteiger partial charge in [0, 0.05) is 19.3 Å². The van der Waals surface area contributed by atoms with Crippen molar-refractivity contribution in [2.75, 3.05) is 18.4 Å². The number of likely N-dealkylation sites (tertiary alicyclic amines) is 1. The van der Waals surface area contributed by atoms with E-state index in [4.69, 9.17) is 0 Å². The summed E-state index contributed by atoms with van der Waals surface area (Å²) in [7, 11) is 0. The highest BCUT2D eigenvalue weighted by molar-refractivity contribution is 7.19. The molecule has 116 valence electrons. The number of amides is 2. The predicted molar refractivity (Wildman–Crippen MR) is 88.1 cm³/mol. The summed E-state index contributed by atoms with van der Waals surface area (Å²) in [5, 5.41) is 13.1. The van der Waals surface area contributed by atoms with Crippen molar-refractivity contribution in [2.24, 2.45) is 0 Å². The smallest absolute Gasteiger partial charge is 0.323 e. The van der Waals surface area contributed by atoms with Gasteiger partial charge in [0.2, 0.25) is 0 Å². The van der Waals surface area contributed by atoms with Gasteiger partial charge in [0.25, 0.3) is 0 Å². The molecular weight excluding hydrogens is 298 g/mol. The molecule has 2 N–H and O–H groups in total. The van der Waals surface area contributed by atoms with E-state index in [9.17, 15) is 9.90 Å². The third-order valence-corrected chi connectivity index (χ3v) is 4.76. The normalized spacial score (nSPS) is 18.3. The minimum absolute atomic E-state index is 0.190. The molecule has 2 aromatic rings. The standard InChI is InChI=1S/C16H19N3O2S/c1-11-5-2-3-7-13(11)14-9-17-15(22-14)18-16(21)19-8-4-6-12(20)10-19/h2-3,5,7,9,12,20H,4,6,8,10H2,1H3,(H,17,18,21). The van der Waals surface area contributed by atoms with Gasteiger partial charge in [-0.05, 0) is 30.9 Å². The third kappa shape index (κ3) is 3.28. The maximum absolute atomic E-state index is 12.2. The fourth-order valence-electron chi connectivity index (χ4n) is 2.62.